The lowest BCUT2D eigenvalue weighted by atomic mass is 10.0. The number of benzene rings is 1. The lowest BCUT2D eigenvalue weighted by molar-refractivity contribution is 0.449. The molecule has 0 aliphatic carbocycles. The maximum absolute atomic E-state index is 5.96. The molecule has 3 nitrogen and oxygen atoms in total. The second-order valence-electron chi connectivity index (χ2n) is 5.38. The van der Waals surface area contributed by atoms with Gasteiger partial charge in [-0.2, -0.15) is 4.98 Å². The molecule has 0 saturated carbocycles. The van der Waals surface area contributed by atoms with Crippen LogP contribution in [0.3, 0.4) is 0 Å². The molecule has 0 bridgehead atoms. The quantitative estimate of drug-likeness (QED) is 0.749. The van der Waals surface area contributed by atoms with E-state index in [0.29, 0.717) is 5.88 Å². The van der Waals surface area contributed by atoms with E-state index in [0.717, 1.165) is 28.1 Å². The van der Waals surface area contributed by atoms with E-state index < -0.39 is 0 Å². The summed E-state index contributed by atoms with van der Waals surface area (Å²) in [6.07, 6.45) is 0. The zero-order chi connectivity index (χ0) is 14.9. The number of aryl methyl sites for hydroxylation is 3. The monoisotopic (exact) mass is 290 g/mol. The van der Waals surface area contributed by atoms with Crippen molar-refractivity contribution < 1.29 is 4.74 Å². The Morgan fingerprint density at radius 2 is 1.60 bits per heavy atom. The van der Waals surface area contributed by atoms with E-state index in [1.54, 1.807) is 0 Å². The summed E-state index contributed by atoms with van der Waals surface area (Å²) in [7, 11) is 0. The average molecular weight is 291 g/mol. The van der Waals surface area contributed by atoms with Gasteiger partial charge >= 0.3 is 0 Å². The van der Waals surface area contributed by atoms with E-state index in [4.69, 9.17) is 16.3 Å². The summed E-state index contributed by atoms with van der Waals surface area (Å²) >= 11 is 5.95. The van der Waals surface area contributed by atoms with Crippen molar-refractivity contribution in [1.82, 2.24) is 9.97 Å². The van der Waals surface area contributed by atoms with Crippen molar-refractivity contribution in [2.75, 3.05) is 0 Å². The number of hydrogen-bond donors (Lipinski definition) is 0. The van der Waals surface area contributed by atoms with Gasteiger partial charge < -0.3 is 4.74 Å². The van der Waals surface area contributed by atoms with Crippen LogP contribution in [0.5, 0.6) is 11.6 Å². The molecule has 4 heteroatoms. The molecule has 0 N–H and O–H groups in total. The summed E-state index contributed by atoms with van der Waals surface area (Å²) in [5.41, 5.74) is 4.17. The molecule has 2 aromatic rings. The maximum atomic E-state index is 5.96. The molecular weight excluding hydrogens is 272 g/mol. The topological polar surface area (TPSA) is 35.0 Å². The number of aromatic nitrogens is 2. The Balaban J connectivity index is 2.47. The fraction of sp³-hybridized carbons (Fsp3) is 0.375. The standard InChI is InChI=1S/C16H19ClN2O/c1-9(2)14-12(5)18-16(17)19-15(14)20-13-7-10(3)6-11(4)8-13/h6-9H,1-5H3. The van der Waals surface area contributed by atoms with Crippen LogP contribution in [-0.2, 0) is 0 Å². The van der Waals surface area contributed by atoms with Crippen LogP contribution < -0.4 is 4.74 Å². The number of halogens is 1. The first-order valence-corrected chi connectivity index (χ1v) is 7.05. The zero-order valence-corrected chi connectivity index (χ0v) is 13.2. The molecule has 0 radical (unpaired) electrons. The minimum Gasteiger partial charge on any atom is -0.439 e. The average Bonchev–Trinajstić information content (AvgIpc) is 2.25. The summed E-state index contributed by atoms with van der Waals surface area (Å²) < 4.78 is 5.96. The van der Waals surface area contributed by atoms with Crippen LogP contribution in [0.1, 0.15) is 42.1 Å². The molecule has 0 aliphatic heterocycles. The van der Waals surface area contributed by atoms with E-state index in [-0.39, 0.29) is 11.2 Å². The van der Waals surface area contributed by atoms with E-state index in [1.165, 1.54) is 0 Å². The lowest BCUT2D eigenvalue weighted by Gasteiger charge is -2.15. The highest BCUT2D eigenvalue weighted by atomic mass is 35.5. The Hall–Kier alpha value is -1.61. The number of nitrogens with zero attached hydrogens (tertiary/aromatic N) is 2. The second-order valence-corrected chi connectivity index (χ2v) is 5.72. The molecule has 106 valence electrons. The van der Waals surface area contributed by atoms with Gasteiger partial charge in [0.05, 0.1) is 0 Å². The van der Waals surface area contributed by atoms with Gasteiger partial charge in [0.2, 0.25) is 11.2 Å². The van der Waals surface area contributed by atoms with Crippen LogP contribution in [-0.4, -0.2) is 9.97 Å². The highest BCUT2D eigenvalue weighted by Gasteiger charge is 2.16. The van der Waals surface area contributed by atoms with Gasteiger partial charge in [0.25, 0.3) is 0 Å². The third kappa shape index (κ3) is 3.28. The normalized spacial score (nSPS) is 10.9. The predicted molar refractivity (Wildman–Crippen MR) is 81.9 cm³/mol. The van der Waals surface area contributed by atoms with Gasteiger partial charge in [0, 0.05) is 11.3 Å². The molecule has 20 heavy (non-hydrogen) atoms. The van der Waals surface area contributed by atoms with Crippen molar-refractivity contribution in [2.24, 2.45) is 0 Å². The Morgan fingerprint density at radius 1 is 1.00 bits per heavy atom. The third-order valence-corrected chi connectivity index (χ3v) is 3.23. The Kier molecular flexibility index (Phi) is 4.29. The lowest BCUT2D eigenvalue weighted by Crippen LogP contribution is -2.03. The molecule has 1 heterocycles. The van der Waals surface area contributed by atoms with Crippen LogP contribution in [0.15, 0.2) is 18.2 Å². The van der Waals surface area contributed by atoms with E-state index in [9.17, 15) is 0 Å². The minimum absolute atomic E-state index is 0.214. The van der Waals surface area contributed by atoms with Crippen molar-refractivity contribution in [3.63, 3.8) is 0 Å². The van der Waals surface area contributed by atoms with Gasteiger partial charge in [-0.05, 0) is 61.5 Å². The number of ether oxygens (including phenoxy) is 1. The van der Waals surface area contributed by atoms with Crippen molar-refractivity contribution >= 4 is 11.6 Å². The molecule has 0 aliphatic rings. The number of hydrogen-bond acceptors (Lipinski definition) is 3. The Labute approximate surface area is 125 Å². The van der Waals surface area contributed by atoms with Crippen LogP contribution in [0.25, 0.3) is 0 Å². The fourth-order valence-corrected chi connectivity index (χ4v) is 2.57. The SMILES string of the molecule is Cc1cc(C)cc(Oc2nc(Cl)nc(C)c2C(C)C)c1. The van der Waals surface area contributed by atoms with Gasteiger partial charge in [0.1, 0.15) is 5.75 Å². The first kappa shape index (κ1) is 14.8. The van der Waals surface area contributed by atoms with Crippen molar-refractivity contribution in [3.8, 4) is 11.6 Å². The molecule has 0 atom stereocenters. The van der Waals surface area contributed by atoms with E-state index in [1.807, 2.05) is 32.9 Å². The van der Waals surface area contributed by atoms with Gasteiger partial charge in [0.15, 0.2) is 0 Å². The first-order valence-electron chi connectivity index (χ1n) is 6.67. The van der Waals surface area contributed by atoms with Gasteiger partial charge in [-0.15, -0.1) is 0 Å². The predicted octanol–water partition coefficient (Wildman–Crippen LogP) is 4.97. The molecular formula is C16H19ClN2O. The zero-order valence-electron chi connectivity index (χ0n) is 12.5. The van der Waals surface area contributed by atoms with Crippen LogP contribution in [0.2, 0.25) is 5.28 Å². The molecule has 1 aromatic heterocycles. The van der Waals surface area contributed by atoms with Crippen molar-refractivity contribution in [1.29, 1.82) is 0 Å². The van der Waals surface area contributed by atoms with Crippen LogP contribution >= 0.6 is 11.6 Å². The van der Waals surface area contributed by atoms with Gasteiger partial charge in [-0.25, -0.2) is 4.98 Å². The summed E-state index contributed by atoms with van der Waals surface area (Å²) in [5, 5.41) is 0.214. The Bertz CT molecular complexity index is 618. The van der Waals surface area contributed by atoms with Crippen molar-refractivity contribution in [2.45, 2.75) is 40.5 Å². The highest BCUT2D eigenvalue weighted by Crippen LogP contribution is 2.32. The molecule has 0 spiro atoms. The minimum atomic E-state index is 0.214. The van der Waals surface area contributed by atoms with Crippen molar-refractivity contribution in [3.05, 3.63) is 45.9 Å². The highest BCUT2D eigenvalue weighted by molar-refractivity contribution is 6.28. The maximum Gasteiger partial charge on any atom is 0.227 e. The van der Waals surface area contributed by atoms with Gasteiger partial charge in [-0.3, -0.25) is 0 Å². The summed E-state index contributed by atoms with van der Waals surface area (Å²) in [4.78, 5) is 8.45. The molecule has 0 fully saturated rings. The molecule has 2 rings (SSSR count). The summed E-state index contributed by atoms with van der Waals surface area (Å²) in [5.74, 6) is 1.59. The Morgan fingerprint density at radius 3 is 2.15 bits per heavy atom. The van der Waals surface area contributed by atoms with E-state index >= 15 is 0 Å². The molecule has 0 unspecified atom stereocenters. The molecule has 0 amide bonds. The fourth-order valence-electron chi connectivity index (χ4n) is 2.37. The summed E-state index contributed by atoms with van der Waals surface area (Å²) in [6.45, 7) is 10.2. The molecule has 1 aromatic carbocycles. The molecule has 0 saturated heterocycles. The van der Waals surface area contributed by atoms with Gasteiger partial charge in [-0.1, -0.05) is 19.9 Å². The first-order chi connectivity index (χ1) is 9.36. The smallest absolute Gasteiger partial charge is 0.227 e. The van der Waals surface area contributed by atoms with E-state index in [2.05, 4.69) is 29.9 Å². The number of rotatable bonds is 3. The third-order valence-electron chi connectivity index (χ3n) is 3.06. The second kappa shape index (κ2) is 5.80. The largest absolute Gasteiger partial charge is 0.439 e. The summed E-state index contributed by atoms with van der Waals surface area (Å²) in [6, 6.07) is 6.08. The van der Waals surface area contributed by atoms with Crippen LogP contribution in [0.4, 0.5) is 0 Å². The van der Waals surface area contributed by atoms with Crippen LogP contribution in [0, 0.1) is 20.8 Å².